The van der Waals surface area contributed by atoms with E-state index in [2.05, 4.69) is 4.99 Å². The number of nitrogens with zero attached hydrogens (tertiary/aromatic N) is 3. The van der Waals surface area contributed by atoms with Crippen LogP contribution in [0.4, 0.5) is 4.79 Å². The summed E-state index contributed by atoms with van der Waals surface area (Å²) in [6.07, 6.45) is 0. The van der Waals surface area contributed by atoms with Crippen molar-refractivity contribution in [3.05, 3.63) is 31.9 Å². The number of amides is 2. The third-order valence-corrected chi connectivity index (χ3v) is 1.26. The van der Waals surface area contributed by atoms with Gasteiger partial charge in [-0.25, -0.2) is 4.79 Å². The van der Waals surface area contributed by atoms with Crippen molar-refractivity contribution in [2.75, 3.05) is 0 Å². The molecule has 4 N–H and O–H groups in total. The van der Waals surface area contributed by atoms with Gasteiger partial charge in [0.1, 0.15) is 9.85 Å². The Bertz CT molecular complexity index is 394. The minimum Gasteiger partial charge on any atom is -0.369 e. The molecule has 15 heavy (non-hydrogen) atoms. The molecule has 0 aromatic rings. The molecule has 0 unspecified atom stereocenters. The molecule has 80 valence electrons. The minimum absolute atomic E-state index is 0.463. The summed E-state index contributed by atoms with van der Waals surface area (Å²) in [5.41, 5.74) is 5.05. The molecule has 0 fully saturated rings. The van der Waals surface area contributed by atoms with Crippen LogP contribution in [0.15, 0.2) is 16.6 Å². The fourth-order valence-corrected chi connectivity index (χ4v) is 0.777. The van der Waals surface area contributed by atoms with Gasteiger partial charge >= 0.3 is 11.9 Å². The molecule has 0 atom stereocenters. The molecule has 2 amide bonds. The molecular formula is C4H4N6O5. The van der Waals surface area contributed by atoms with Crippen LogP contribution in [0.3, 0.4) is 0 Å². The molecule has 0 saturated heterocycles. The summed E-state index contributed by atoms with van der Waals surface area (Å²) in [6.45, 7) is 0. The first-order valence-corrected chi connectivity index (χ1v) is 3.37. The molecule has 11 nitrogen and oxygen atoms in total. The van der Waals surface area contributed by atoms with Crippen LogP contribution in [-0.4, -0.2) is 21.8 Å². The third-order valence-electron chi connectivity index (χ3n) is 1.26. The van der Waals surface area contributed by atoms with Gasteiger partial charge in [0.2, 0.25) is 5.96 Å². The van der Waals surface area contributed by atoms with E-state index < -0.39 is 33.5 Å². The van der Waals surface area contributed by atoms with E-state index in [1.165, 1.54) is 0 Å². The summed E-state index contributed by atoms with van der Waals surface area (Å²) >= 11 is 0. The van der Waals surface area contributed by atoms with Gasteiger partial charge in [-0.05, 0) is 0 Å². The van der Waals surface area contributed by atoms with Crippen molar-refractivity contribution in [3.63, 3.8) is 0 Å². The van der Waals surface area contributed by atoms with E-state index in [1.54, 1.807) is 5.32 Å². The first-order chi connectivity index (χ1) is 6.91. The summed E-state index contributed by atoms with van der Waals surface area (Å²) < 4.78 is 0. The zero-order valence-corrected chi connectivity index (χ0v) is 6.96. The second-order valence-corrected chi connectivity index (χ2v) is 2.26. The van der Waals surface area contributed by atoms with Crippen LogP contribution in [0.2, 0.25) is 0 Å². The molecule has 1 heterocycles. The number of urea groups is 1. The van der Waals surface area contributed by atoms with Gasteiger partial charge in [-0.3, -0.25) is 30.9 Å². The Morgan fingerprint density at radius 3 is 2.20 bits per heavy atom. The topological polar surface area (TPSA) is 166 Å². The number of nitrogens with one attached hydrogen (secondary N) is 2. The number of nitrogens with two attached hydrogens (primary N) is 1. The third kappa shape index (κ3) is 2.15. The number of carbonyl (C=O) groups is 1. The molecule has 0 aromatic heterocycles. The Morgan fingerprint density at radius 2 is 1.80 bits per heavy atom. The van der Waals surface area contributed by atoms with Crippen LogP contribution >= 0.6 is 0 Å². The molecule has 0 spiro atoms. The van der Waals surface area contributed by atoms with Crippen LogP contribution in [0.1, 0.15) is 0 Å². The lowest BCUT2D eigenvalue weighted by molar-refractivity contribution is -0.617. The molecule has 0 aliphatic carbocycles. The fraction of sp³-hybridized carbons (Fsp3) is 0. The van der Waals surface area contributed by atoms with Gasteiger partial charge in [0.25, 0.3) is 5.82 Å². The minimum atomic E-state index is -1.45. The monoisotopic (exact) mass is 216 g/mol. The van der Waals surface area contributed by atoms with E-state index >= 15 is 0 Å². The number of hydrogen-bond donors (Lipinski definition) is 3. The lowest BCUT2D eigenvalue weighted by Crippen LogP contribution is -2.48. The molecule has 1 aliphatic rings. The molecule has 0 aromatic carbocycles. The molecule has 0 saturated carbocycles. The van der Waals surface area contributed by atoms with Crippen LogP contribution in [0, 0.1) is 20.2 Å². The molecule has 1 rings (SSSR count). The van der Waals surface area contributed by atoms with Crippen molar-refractivity contribution in [1.29, 1.82) is 0 Å². The van der Waals surface area contributed by atoms with Crippen LogP contribution in [0.5, 0.6) is 0 Å². The van der Waals surface area contributed by atoms with E-state index in [0.717, 1.165) is 0 Å². The van der Waals surface area contributed by atoms with Gasteiger partial charge in [-0.1, -0.05) is 0 Å². The lowest BCUT2D eigenvalue weighted by Gasteiger charge is -2.10. The summed E-state index contributed by atoms with van der Waals surface area (Å²) in [5, 5.41) is 24.3. The Morgan fingerprint density at radius 1 is 1.27 bits per heavy atom. The zero-order valence-electron chi connectivity index (χ0n) is 6.96. The van der Waals surface area contributed by atoms with Crippen molar-refractivity contribution < 1.29 is 14.6 Å². The standard InChI is InChI=1S/C4H4N6O5/c5-3-6-1(7-4(11)8-3)2(9(12)13)10(14)15/h(H4,5,6,7,8,11). The van der Waals surface area contributed by atoms with E-state index in [9.17, 15) is 25.0 Å². The van der Waals surface area contributed by atoms with Gasteiger partial charge < -0.3 is 5.73 Å². The van der Waals surface area contributed by atoms with E-state index in [0.29, 0.717) is 0 Å². The van der Waals surface area contributed by atoms with E-state index in [1.807, 2.05) is 5.32 Å². The van der Waals surface area contributed by atoms with E-state index in [4.69, 9.17) is 5.73 Å². The fourth-order valence-electron chi connectivity index (χ4n) is 0.777. The Kier molecular flexibility index (Phi) is 2.46. The number of nitro groups is 2. The van der Waals surface area contributed by atoms with Gasteiger partial charge in [-0.2, -0.15) is 4.99 Å². The van der Waals surface area contributed by atoms with Crippen molar-refractivity contribution in [1.82, 2.24) is 10.6 Å². The van der Waals surface area contributed by atoms with Crippen molar-refractivity contribution in [2.45, 2.75) is 0 Å². The summed E-state index contributed by atoms with van der Waals surface area (Å²) in [6, 6.07) is -0.932. The molecule has 0 bridgehead atoms. The van der Waals surface area contributed by atoms with Gasteiger partial charge in [0.05, 0.1) is 0 Å². The first-order valence-electron chi connectivity index (χ1n) is 3.37. The predicted molar refractivity (Wildman–Crippen MR) is 44.3 cm³/mol. The maximum Gasteiger partial charge on any atom is 0.602 e. The zero-order chi connectivity index (χ0) is 11.6. The summed E-state index contributed by atoms with van der Waals surface area (Å²) in [5.74, 6) is -2.73. The molecule has 11 heteroatoms. The van der Waals surface area contributed by atoms with Gasteiger partial charge in [0.15, 0.2) is 0 Å². The average molecular weight is 216 g/mol. The second-order valence-electron chi connectivity index (χ2n) is 2.26. The normalized spacial score (nSPS) is 14.8. The Balaban J connectivity index is 3.27. The van der Waals surface area contributed by atoms with E-state index in [-0.39, 0.29) is 0 Å². The number of hydrogen-bond acceptors (Lipinski definition) is 7. The Hall–Kier alpha value is -2.72. The maximum atomic E-state index is 10.8. The SMILES string of the molecule is NC1=NC(=C([N+](=O)[O-])[N+](=O)[O-])NC(=O)N1. The molecular weight excluding hydrogens is 212 g/mol. The van der Waals surface area contributed by atoms with Gasteiger partial charge in [0, 0.05) is 0 Å². The predicted octanol–water partition coefficient (Wildman–Crippen LogP) is -1.71. The number of carbonyl (C=O) groups excluding carboxylic acids is 1. The number of aliphatic imine (C=N–C) groups is 1. The highest BCUT2D eigenvalue weighted by Crippen LogP contribution is 2.06. The second kappa shape index (κ2) is 3.57. The van der Waals surface area contributed by atoms with Crippen molar-refractivity contribution in [2.24, 2.45) is 10.7 Å². The van der Waals surface area contributed by atoms with Gasteiger partial charge in [-0.15, -0.1) is 0 Å². The number of guanidine groups is 1. The quantitative estimate of drug-likeness (QED) is 0.367. The molecule has 1 aliphatic heterocycles. The van der Waals surface area contributed by atoms with Crippen LogP contribution < -0.4 is 16.4 Å². The average Bonchev–Trinajstić information content (AvgIpc) is 1.99. The molecule has 0 radical (unpaired) electrons. The highest BCUT2D eigenvalue weighted by atomic mass is 16.7. The van der Waals surface area contributed by atoms with Crippen molar-refractivity contribution >= 4 is 12.0 Å². The van der Waals surface area contributed by atoms with Crippen LogP contribution in [-0.2, 0) is 0 Å². The maximum absolute atomic E-state index is 10.8. The van der Waals surface area contributed by atoms with Crippen molar-refractivity contribution in [3.8, 4) is 0 Å². The largest absolute Gasteiger partial charge is 0.602 e. The first kappa shape index (κ1) is 10.4. The lowest BCUT2D eigenvalue weighted by atomic mass is 10.6. The highest BCUT2D eigenvalue weighted by Gasteiger charge is 2.35. The number of rotatable bonds is 2. The highest BCUT2D eigenvalue weighted by molar-refractivity contribution is 5.98. The smallest absolute Gasteiger partial charge is 0.369 e. The summed E-state index contributed by atoms with van der Waals surface area (Å²) in [4.78, 5) is 32.0. The Labute approximate surface area is 80.9 Å². The van der Waals surface area contributed by atoms with Crippen LogP contribution in [0.25, 0.3) is 0 Å². The summed E-state index contributed by atoms with van der Waals surface area (Å²) in [7, 11) is 0.